The lowest BCUT2D eigenvalue weighted by molar-refractivity contribution is -0.154. The van der Waals surface area contributed by atoms with Crippen LogP contribution in [0.4, 0.5) is 4.39 Å². The second-order valence-corrected chi connectivity index (χ2v) is 7.18. The first-order valence-electron chi connectivity index (χ1n) is 8.32. The van der Waals surface area contributed by atoms with Gasteiger partial charge in [-0.3, -0.25) is 19.7 Å². The molecule has 1 N–H and O–H groups in total. The van der Waals surface area contributed by atoms with Crippen LogP contribution in [0, 0.1) is 5.82 Å². The summed E-state index contributed by atoms with van der Waals surface area (Å²) < 4.78 is 18.8. The van der Waals surface area contributed by atoms with E-state index in [4.69, 9.17) is 4.74 Å². The summed E-state index contributed by atoms with van der Waals surface area (Å²) in [7, 11) is 0. The van der Waals surface area contributed by atoms with Gasteiger partial charge in [-0.2, -0.15) is 0 Å². The third-order valence-electron chi connectivity index (χ3n) is 4.56. The van der Waals surface area contributed by atoms with Crippen molar-refractivity contribution in [1.29, 1.82) is 0 Å². The Hall–Kier alpha value is -2.54. The van der Waals surface area contributed by atoms with Crippen LogP contribution in [-0.4, -0.2) is 24.4 Å². The maximum atomic E-state index is 13.6. The van der Waals surface area contributed by atoms with Gasteiger partial charge in [-0.25, -0.2) is 4.39 Å². The van der Waals surface area contributed by atoms with Gasteiger partial charge in [-0.1, -0.05) is 31.0 Å². The van der Waals surface area contributed by atoms with Crippen molar-refractivity contribution in [3.63, 3.8) is 0 Å². The average molecular weight is 375 g/mol. The molecule has 0 radical (unpaired) electrons. The minimum Gasteiger partial charge on any atom is -0.455 e. The lowest BCUT2D eigenvalue weighted by Gasteiger charge is -2.27. The minimum absolute atomic E-state index is 0.400. The quantitative estimate of drug-likeness (QED) is 0.815. The molecular weight excluding hydrogens is 357 g/mol. The second kappa shape index (κ2) is 7.78. The molecule has 1 aromatic carbocycles. The highest BCUT2D eigenvalue weighted by Gasteiger charge is 2.44. The normalized spacial score (nSPS) is 15.4. The Morgan fingerprint density at radius 1 is 1.15 bits per heavy atom. The van der Waals surface area contributed by atoms with E-state index in [1.807, 2.05) is 0 Å². The summed E-state index contributed by atoms with van der Waals surface area (Å²) in [6.45, 7) is -0.549. The molecule has 1 heterocycles. The molecule has 0 unspecified atom stereocenters. The number of thiophene rings is 1. The number of rotatable bonds is 5. The third kappa shape index (κ3) is 3.83. The van der Waals surface area contributed by atoms with Gasteiger partial charge in [-0.15, -0.1) is 11.3 Å². The molecule has 2 aromatic rings. The largest absolute Gasteiger partial charge is 0.455 e. The van der Waals surface area contributed by atoms with E-state index in [0.717, 1.165) is 12.8 Å². The van der Waals surface area contributed by atoms with E-state index in [1.165, 1.54) is 23.5 Å². The Labute approximate surface area is 154 Å². The number of hydrogen-bond donors (Lipinski definition) is 1. The van der Waals surface area contributed by atoms with E-state index in [0.29, 0.717) is 23.3 Å². The molecule has 136 valence electrons. The fourth-order valence-electron chi connectivity index (χ4n) is 3.28. The van der Waals surface area contributed by atoms with Crippen LogP contribution in [0.5, 0.6) is 0 Å². The number of carbonyl (C=O) groups excluding carboxylic acids is 3. The van der Waals surface area contributed by atoms with Gasteiger partial charge < -0.3 is 4.74 Å². The molecule has 26 heavy (non-hydrogen) atoms. The average Bonchev–Trinajstić information content (AvgIpc) is 3.31. The topological polar surface area (TPSA) is 72.5 Å². The molecule has 5 nitrogen and oxygen atoms in total. The van der Waals surface area contributed by atoms with E-state index in [2.05, 4.69) is 5.32 Å². The zero-order valence-electron chi connectivity index (χ0n) is 14.0. The predicted molar refractivity (Wildman–Crippen MR) is 94.3 cm³/mol. The Bertz CT molecular complexity index is 813. The summed E-state index contributed by atoms with van der Waals surface area (Å²) in [6, 6.07) is 9.22. The molecule has 0 atom stereocenters. The zero-order chi connectivity index (χ0) is 18.6. The van der Waals surface area contributed by atoms with Crippen LogP contribution in [0.2, 0.25) is 0 Å². The van der Waals surface area contributed by atoms with E-state index in [-0.39, 0.29) is 0 Å². The fourth-order valence-corrected chi connectivity index (χ4v) is 3.90. The number of imide groups is 1. The highest BCUT2D eigenvalue weighted by molar-refractivity contribution is 7.12. The Kier molecular flexibility index (Phi) is 5.46. The van der Waals surface area contributed by atoms with Gasteiger partial charge in [0, 0.05) is 0 Å². The van der Waals surface area contributed by atoms with E-state index in [9.17, 15) is 18.8 Å². The lowest BCUT2D eigenvalue weighted by atomic mass is 9.79. The molecule has 0 saturated heterocycles. The zero-order valence-corrected chi connectivity index (χ0v) is 14.8. The van der Waals surface area contributed by atoms with Crippen molar-refractivity contribution < 1.29 is 23.5 Å². The van der Waals surface area contributed by atoms with Gasteiger partial charge in [0.1, 0.15) is 5.82 Å². The van der Waals surface area contributed by atoms with Gasteiger partial charge in [-0.05, 0) is 42.0 Å². The summed E-state index contributed by atoms with van der Waals surface area (Å²) >= 11 is 1.21. The van der Waals surface area contributed by atoms with Crippen molar-refractivity contribution in [2.45, 2.75) is 31.1 Å². The molecular formula is C19H18FNO4S. The van der Waals surface area contributed by atoms with Crippen molar-refractivity contribution in [3.8, 4) is 0 Å². The van der Waals surface area contributed by atoms with Crippen molar-refractivity contribution in [2.24, 2.45) is 0 Å². The molecule has 1 fully saturated rings. The van der Waals surface area contributed by atoms with Crippen molar-refractivity contribution in [1.82, 2.24) is 5.32 Å². The number of ether oxygens (including phenoxy) is 1. The SMILES string of the molecule is O=C(COC(=O)C1(c2cccc(F)c2)CCCC1)NC(=O)c1cccs1. The van der Waals surface area contributed by atoms with Gasteiger partial charge in [0.05, 0.1) is 10.3 Å². The van der Waals surface area contributed by atoms with Crippen LogP contribution in [-0.2, 0) is 19.7 Å². The molecule has 2 amide bonds. The molecule has 3 rings (SSSR count). The summed E-state index contributed by atoms with van der Waals surface area (Å²) in [6.07, 6.45) is 2.75. The summed E-state index contributed by atoms with van der Waals surface area (Å²) in [5, 5.41) is 3.91. The summed E-state index contributed by atoms with van der Waals surface area (Å²) in [5.41, 5.74) is -0.366. The van der Waals surface area contributed by atoms with E-state index >= 15 is 0 Å². The number of amides is 2. The summed E-state index contributed by atoms with van der Waals surface area (Å²) in [5.74, 6) is -2.19. The predicted octanol–water partition coefficient (Wildman–Crippen LogP) is 3.20. The van der Waals surface area contributed by atoms with E-state index in [1.54, 1.807) is 29.6 Å². The van der Waals surface area contributed by atoms with Crippen molar-refractivity contribution >= 4 is 29.1 Å². The van der Waals surface area contributed by atoms with Crippen LogP contribution in [0.3, 0.4) is 0 Å². The van der Waals surface area contributed by atoms with Crippen molar-refractivity contribution in [3.05, 3.63) is 58.0 Å². The van der Waals surface area contributed by atoms with Gasteiger partial charge in [0.15, 0.2) is 6.61 Å². The van der Waals surface area contributed by atoms with Crippen LogP contribution in [0.15, 0.2) is 41.8 Å². The highest BCUT2D eigenvalue weighted by atomic mass is 32.1. The number of carbonyl (C=O) groups is 3. The Morgan fingerprint density at radius 2 is 1.92 bits per heavy atom. The minimum atomic E-state index is -0.930. The van der Waals surface area contributed by atoms with Gasteiger partial charge >= 0.3 is 5.97 Å². The first-order valence-corrected chi connectivity index (χ1v) is 9.20. The Morgan fingerprint density at radius 3 is 2.58 bits per heavy atom. The second-order valence-electron chi connectivity index (χ2n) is 6.23. The molecule has 0 aliphatic heterocycles. The number of halogens is 1. The van der Waals surface area contributed by atoms with Gasteiger partial charge in [0.2, 0.25) is 0 Å². The third-order valence-corrected chi connectivity index (χ3v) is 5.43. The molecule has 0 bridgehead atoms. The summed E-state index contributed by atoms with van der Waals surface area (Å²) in [4.78, 5) is 36.8. The number of hydrogen-bond acceptors (Lipinski definition) is 5. The standard InChI is InChI=1S/C19H18FNO4S/c20-14-6-3-5-13(11-14)19(8-1-2-9-19)18(24)25-12-16(22)21-17(23)15-7-4-10-26-15/h3-7,10-11H,1-2,8-9,12H2,(H,21,22,23). The molecule has 1 aliphatic carbocycles. The van der Waals surface area contributed by atoms with Crippen LogP contribution in [0.25, 0.3) is 0 Å². The smallest absolute Gasteiger partial charge is 0.317 e. The van der Waals surface area contributed by atoms with Crippen LogP contribution < -0.4 is 5.32 Å². The highest BCUT2D eigenvalue weighted by Crippen LogP contribution is 2.42. The molecule has 1 aromatic heterocycles. The Balaban J connectivity index is 1.64. The van der Waals surface area contributed by atoms with Crippen molar-refractivity contribution in [2.75, 3.05) is 6.61 Å². The number of benzene rings is 1. The maximum Gasteiger partial charge on any atom is 0.317 e. The van der Waals surface area contributed by atoms with E-state index < -0.39 is 35.6 Å². The van der Waals surface area contributed by atoms with Gasteiger partial charge in [0.25, 0.3) is 11.8 Å². The fraction of sp³-hybridized carbons (Fsp3) is 0.316. The molecule has 0 spiro atoms. The lowest BCUT2D eigenvalue weighted by Crippen LogP contribution is -2.39. The molecule has 1 saturated carbocycles. The molecule has 7 heteroatoms. The monoisotopic (exact) mass is 375 g/mol. The number of esters is 1. The first kappa shape index (κ1) is 18.3. The maximum absolute atomic E-state index is 13.6. The van der Waals surface area contributed by atoms with Crippen LogP contribution in [0.1, 0.15) is 40.9 Å². The number of nitrogens with one attached hydrogen (secondary N) is 1. The first-order chi connectivity index (χ1) is 12.5. The molecule has 1 aliphatic rings. The van der Waals surface area contributed by atoms with Crippen LogP contribution >= 0.6 is 11.3 Å².